The van der Waals surface area contributed by atoms with Crippen molar-refractivity contribution >= 4 is 17.4 Å². The number of nitrogen functional groups attached to an aromatic ring is 1. The lowest BCUT2D eigenvalue weighted by atomic mass is 10.1. The predicted molar refractivity (Wildman–Crippen MR) is 94.3 cm³/mol. The maximum Gasteiger partial charge on any atom is 0.259 e. The van der Waals surface area contributed by atoms with Crippen LogP contribution in [0.5, 0.6) is 11.5 Å². The summed E-state index contributed by atoms with van der Waals surface area (Å²) < 4.78 is 19.5. The molecule has 0 aliphatic rings. The zero-order valence-corrected chi connectivity index (χ0v) is 13.5. The molecule has 2 aromatic carbocycles. The third kappa shape index (κ3) is 3.74. The second-order valence-electron chi connectivity index (χ2n) is 5.40. The average molecular weight is 337 g/mol. The topological polar surface area (TPSA) is 77.2 Å². The van der Waals surface area contributed by atoms with Crippen molar-refractivity contribution in [3.05, 3.63) is 77.7 Å². The standard InChI is InChI=1S/C19H16FN3O2/c1-12-9-10-22-18(21)17(12)19(24)23-13-7-8-15(20)16(11-13)25-14-5-3-2-4-6-14/h2-11H,1H3,(H2,21,22)(H,23,24). The van der Waals surface area contributed by atoms with E-state index < -0.39 is 11.7 Å². The van der Waals surface area contributed by atoms with Crippen molar-refractivity contribution in [1.82, 2.24) is 4.98 Å². The van der Waals surface area contributed by atoms with E-state index in [4.69, 9.17) is 10.5 Å². The number of carbonyl (C=O) groups is 1. The van der Waals surface area contributed by atoms with Gasteiger partial charge in [0.1, 0.15) is 11.6 Å². The number of benzene rings is 2. The lowest BCUT2D eigenvalue weighted by Gasteiger charge is -2.11. The molecule has 5 nitrogen and oxygen atoms in total. The summed E-state index contributed by atoms with van der Waals surface area (Å²) in [6.45, 7) is 1.77. The third-order valence-electron chi connectivity index (χ3n) is 3.58. The molecule has 1 amide bonds. The quantitative estimate of drug-likeness (QED) is 0.749. The Morgan fingerprint density at radius 1 is 1.16 bits per heavy atom. The maximum atomic E-state index is 14.0. The van der Waals surface area contributed by atoms with E-state index in [2.05, 4.69) is 10.3 Å². The Balaban J connectivity index is 1.84. The first kappa shape index (κ1) is 16.4. The van der Waals surface area contributed by atoms with E-state index >= 15 is 0 Å². The second kappa shape index (κ2) is 7.00. The zero-order valence-electron chi connectivity index (χ0n) is 13.5. The monoisotopic (exact) mass is 337 g/mol. The van der Waals surface area contributed by atoms with E-state index in [0.717, 1.165) is 0 Å². The molecule has 0 saturated carbocycles. The molecule has 6 heteroatoms. The molecule has 0 aliphatic carbocycles. The summed E-state index contributed by atoms with van der Waals surface area (Å²) in [5, 5.41) is 2.69. The fourth-order valence-corrected chi connectivity index (χ4v) is 2.34. The molecule has 1 aromatic heterocycles. The van der Waals surface area contributed by atoms with Gasteiger partial charge >= 0.3 is 0 Å². The number of para-hydroxylation sites is 1. The largest absolute Gasteiger partial charge is 0.454 e. The fourth-order valence-electron chi connectivity index (χ4n) is 2.34. The van der Waals surface area contributed by atoms with Crippen LogP contribution in [-0.2, 0) is 0 Å². The van der Waals surface area contributed by atoms with Crippen molar-refractivity contribution in [2.45, 2.75) is 6.92 Å². The number of nitrogens with one attached hydrogen (secondary N) is 1. The molecule has 1 heterocycles. The summed E-state index contributed by atoms with van der Waals surface area (Å²) in [7, 11) is 0. The number of rotatable bonds is 4. The van der Waals surface area contributed by atoms with E-state index in [1.165, 1.54) is 24.4 Å². The lowest BCUT2D eigenvalue weighted by molar-refractivity contribution is 0.102. The number of ether oxygens (including phenoxy) is 1. The molecule has 3 rings (SSSR count). The van der Waals surface area contributed by atoms with E-state index in [1.807, 2.05) is 6.07 Å². The molecule has 126 valence electrons. The lowest BCUT2D eigenvalue weighted by Crippen LogP contribution is -2.16. The van der Waals surface area contributed by atoms with E-state index in [1.54, 1.807) is 37.3 Å². The Bertz CT molecular complexity index is 894. The van der Waals surface area contributed by atoms with Crippen molar-refractivity contribution < 1.29 is 13.9 Å². The van der Waals surface area contributed by atoms with Crippen molar-refractivity contribution in [3.8, 4) is 11.5 Å². The Morgan fingerprint density at radius 2 is 1.92 bits per heavy atom. The van der Waals surface area contributed by atoms with Crippen molar-refractivity contribution in [1.29, 1.82) is 0 Å². The van der Waals surface area contributed by atoms with Crippen LogP contribution in [0, 0.1) is 12.7 Å². The molecule has 0 aliphatic heterocycles. The summed E-state index contributed by atoms with van der Waals surface area (Å²) in [4.78, 5) is 16.4. The summed E-state index contributed by atoms with van der Waals surface area (Å²) in [5.41, 5.74) is 7.16. The highest BCUT2D eigenvalue weighted by molar-refractivity contribution is 6.08. The van der Waals surface area contributed by atoms with Crippen LogP contribution in [-0.4, -0.2) is 10.9 Å². The van der Waals surface area contributed by atoms with Gasteiger partial charge in [-0.15, -0.1) is 0 Å². The van der Waals surface area contributed by atoms with Crippen LogP contribution in [0.2, 0.25) is 0 Å². The van der Waals surface area contributed by atoms with Crippen LogP contribution < -0.4 is 15.8 Å². The molecule has 25 heavy (non-hydrogen) atoms. The van der Waals surface area contributed by atoms with Crippen LogP contribution in [0.3, 0.4) is 0 Å². The molecule has 0 fully saturated rings. The predicted octanol–water partition coefficient (Wildman–Crippen LogP) is 4.16. The van der Waals surface area contributed by atoms with Gasteiger partial charge in [0, 0.05) is 18.0 Å². The molecule has 0 saturated heterocycles. The average Bonchev–Trinajstić information content (AvgIpc) is 2.59. The molecule has 0 bridgehead atoms. The molecule has 3 N–H and O–H groups in total. The fraction of sp³-hybridized carbons (Fsp3) is 0.0526. The van der Waals surface area contributed by atoms with Crippen LogP contribution in [0.25, 0.3) is 0 Å². The number of amides is 1. The van der Waals surface area contributed by atoms with Gasteiger partial charge in [-0.05, 0) is 42.8 Å². The highest BCUT2D eigenvalue weighted by atomic mass is 19.1. The Kier molecular flexibility index (Phi) is 4.61. The molecule has 0 atom stereocenters. The Labute approximate surface area is 144 Å². The molecule has 0 radical (unpaired) electrons. The number of aryl methyl sites for hydroxylation is 1. The first-order valence-electron chi connectivity index (χ1n) is 7.59. The Hall–Kier alpha value is -3.41. The minimum absolute atomic E-state index is 0.0138. The number of nitrogens with zero attached hydrogens (tertiary/aromatic N) is 1. The first-order valence-corrected chi connectivity index (χ1v) is 7.59. The zero-order chi connectivity index (χ0) is 17.8. The number of anilines is 2. The maximum absolute atomic E-state index is 14.0. The van der Waals surface area contributed by atoms with Gasteiger partial charge in [-0.25, -0.2) is 9.37 Å². The molecular formula is C19H16FN3O2. The van der Waals surface area contributed by atoms with E-state index in [9.17, 15) is 9.18 Å². The third-order valence-corrected chi connectivity index (χ3v) is 3.58. The van der Waals surface area contributed by atoms with Gasteiger partial charge in [-0.1, -0.05) is 18.2 Å². The minimum atomic E-state index is -0.529. The van der Waals surface area contributed by atoms with Crippen LogP contribution in [0.15, 0.2) is 60.8 Å². The van der Waals surface area contributed by atoms with Crippen molar-refractivity contribution in [2.75, 3.05) is 11.1 Å². The normalized spacial score (nSPS) is 10.3. The van der Waals surface area contributed by atoms with Crippen LogP contribution in [0.1, 0.15) is 15.9 Å². The Morgan fingerprint density at radius 3 is 2.64 bits per heavy atom. The van der Waals surface area contributed by atoms with Crippen LogP contribution in [0.4, 0.5) is 15.9 Å². The summed E-state index contributed by atoms with van der Waals surface area (Å²) in [5.74, 6) is -0.295. The molecule has 0 spiro atoms. The van der Waals surface area contributed by atoms with Gasteiger partial charge in [0.25, 0.3) is 5.91 Å². The van der Waals surface area contributed by atoms with Crippen molar-refractivity contribution in [3.63, 3.8) is 0 Å². The SMILES string of the molecule is Cc1ccnc(N)c1C(=O)Nc1ccc(F)c(Oc2ccccc2)c1. The number of aromatic nitrogens is 1. The molecular weight excluding hydrogens is 321 g/mol. The van der Waals surface area contributed by atoms with Gasteiger partial charge in [-0.2, -0.15) is 0 Å². The smallest absolute Gasteiger partial charge is 0.259 e. The number of nitrogens with two attached hydrogens (primary N) is 1. The first-order chi connectivity index (χ1) is 12.0. The highest BCUT2D eigenvalue weighted by Crippen LogP contribution is 2.28. The molecule has 0 unspecified atom stereocenters. The van der Waals surface area contributed by atoms with E-state index in [-0.39, 0.29) is 17.1 Å². The van der Waals surface area contributed by atoms with Gasteiger partial charge < -0.3 is 15.8 Å². The minimum Gasteiger partial charge on any atom is -0.454 e. The van der Waals surface area contributed by atoms with Gasteiger partial charge in [0.15, 0.2) is 11.6 Å². The second-order valence-corrected chi connectivity index (χ2v) is 5.40. The highest BCUT2D eigenvalue weighted by Gasteiger charge is 2.15. The number of carbonyl (C=O) groups excluding carboxylic acids is 1. The van der Waals surface area contributed by atoms with Crippen molar-refractivity contribution in [2.24, 2.45) is 0 Å². The molecule has 3 aromatic rings. The number of hydrogen-bond acceptors (Lipinski definition) is 4. The van der Waals surface area contributed by atoms with Crippen LogP contribution >= 0.6 is 0 Å². The summed E-state index contributed by atoms with van der Waals surface area (Å²) >= 11 is 0. The number of halogens is 1. The van der Waals surface area contributed by atoms with Gasteiger partial charge in [-0.3, -0.25) is 4.79 Å². The van der Waals surface area contributed by atoms with Gasteiger partial charge in [0.2, 0.25) is 0 Å². The van der Waals surface area contributed by atoms with Gasteiger partial charge in [0.05, 0.1) is 5.56 Å². The number of pyridine rings is 1. The number of hydrogen-bond donors (Lipinski definition) is 2. The van der Waals surface area contributed by atoms with E-state index in [0.29, 0.717) is 17.0 Å². The summed E-state index contributed by atoms with van der Waals surface area (Å²) in [6.07, 6.45) is 1.53. The summed E-state index contributed by atoms with van der Waals surface area (Å²) in [6, 6.07) is 14.6.